The first-order valence-electron chi connectivity index (χ1n) is 8.36. The molecule has 2 amide bonds. The molecule has 1 atom stereocenters. The van der Waals surface area contributed by atoms with Crippen molar-refractivity contribution in [1.82, 2.24) is 10.2 Å². The number of urea groups is 1. The van der Waals surface area contributed by atoms with Crippen molar-refractivity contribution >= 4 is 6.03 Å². The Morgan fingerprint density at radius 2 is 2.18 bits per heavy atom. The van der Waals surface area contributed by atoms with Crippen molar-refractivity contribution in [3.8, 4) is 0 Å². The summed E-state index contributed by atoms with van der Waals surface area (Å²) in [6, 6.07) is 8.38. The summed E-state index contributed by atoms with van der Waals surface area (Å²) in [7, 11) is 0. The molecule has 0 heterocycles. The predicted molar refractivity (Wildman–Crippen MR) is 86.7 cm³/mol. The third-order valence-corrected chi connectivity index (χ3v) is 5.31. The number of amides is 2. The molecular weight excluding hydrogens is 276 g/mol. The number of nitrogens with one attached hydrogen (secondary N) is 1. The molecule has 1 unspecified atom stereocenters. The minimum Gasteiger partial charge on any atom is -0.395 e. The quantitative estimate of drug-likeness (QED) is 0.879. The van der Waals surface area contributed by atoms with Crippen LogP contribution in [-0.2, 0) is 6.42 Å². The highest BCUT2D eigenvalue weighted by Crippen LogP contribution is 2.40. The molecule has 2 aliphatic rings. The largest absolute Gasteiger partial charge is 0.395 e. The van der Waals surface area contributed by atoms with Crippen molar-refractivity contribution in [3.05, 3.63) is 35.4 Å². The second-order valence-corrected chi connectivity index (χ2v) is 6.99. The van der Waals surface area contributed by atoms with Gasteiger partial charge in [0, 0.05) is 13.1 Å². The van der Waals surface area contributed by atoms with E-state index in [4.69, 9.17) is 0 Å². The zero-order chi connectivity index (χ0) is 15.6. The summed E-state index contributed by atoms with van der Waals surface area (Å²) >= 11 is 0. The van der Waals surface area contributed by atoms with Crippen molar-refractivity contribution in [2.75, 3.05) is 19.7 Å². The lowest BCUT2D eigenvalue weighted by molar-refractivity contribution is 0.130. The molecular formula is C18H26N2O2. The second-order valence-electron chi connectivity index (χ2n) is 6.99. The lowest BCUT2D eigenvalue weighted by atomic mass is 9.70. The van der Waals surface area contributed by atoms with Gasteiger partial charge in [0.2, 0.25) is 0 Å². The normalized spacial score (nSPS) is 21.8. The third kappa shape index (κ3) is 2.98. The van der Waals surface area contributed by atoms with Gasteiger partial charge in [-0.2, -0.15) is 0 Å². The first kappa shape index (κ1) is 15.3. The fourth-order valence-corrected chi connectivity index (χ4v) is 3.71. The molecule has 1 aromatic rings. The smallest absolute Gasteiger partial charge is 0.318 e. The van der Waals surface area contributed by atoms with Gasteiger partial charge in [-0.1, -0.05) is 37.6 Å². The third-order valence-electron chi connectivity index (χ3n) is 5.31. The number of aryl methyl sites for hydroxylation is 1. The molecule has 4 nitrogen and oxygen atoms in total. The number of hydrogen-bond acceptors (Lipinski definition) is 2. The number of aliphatic hydroxyl groups excluding tert-OH is 1. The molecule has 1 fully saturated rings. The van der Waals surface area contributed by atoms with Crippen LogP contribution < -0.4 is 5.32 Å². The molecule has 1 aromatic carbocycles. The Hall–Kier alpha value is -1.55. The first-order valence-corrected chi connectivity index (χ1v) is 8.36. The molecule has 4 heteroatoms. The van der Waals surface area contributed by atoms with Crippen LogP contribution in [0.5, 0.6) is 0 Å². The molecule has 0 radical (unpaired) electrons. The first-order chi connectivity index (χ1) is 10.6. The van der Waals surface area contributed by atoms with Crippen LogP contribution in [0, 0.1) is 5.41 Å². The maximum absolute atomic E-state index is 12.6. The highest BCUT2D eigenvalue weighted by molar-refractivity contribution is 5.75. The number of fused-ring (bicyclic) bond motifs is 1. The molecule has 1 saturated carbocycles. The van der Waals surface area contributed by atoms with Gasteiger partial charge >= 0.3 is 6.03 Å². The fraction of sp³-hybridized carbons (Fsp3) is 0.611. The minimum absolute atomic E-state index is 0.00333. The summed E-state index contributed by atoms with van der Waals surface area (Å²) in [6.45, 7) is 3.37. The molecule has 22 heavy (non-hydrogen) atoms. The summed E-state index contributed by atoms with van der Waals surface area (Å²) in [5, 5.41) is 12.5. The molecule has 120 valence electrons. The number of carbonyl (C=O) groups is 1. The Morgan fingerprint density at radius 1 is 1.41 bits per heavy atom. The van der Waals surface area contributed by atoms with Crippen LogP contribution in [0.1, 0.15) is 49.8 Å². The van der Waals surface area contributed by atoms with Gasteiger partial charge in [-0.3, -0.25) is 0 Å². The number of rotatable bonds is 5. The molecule has 0 spiro atoms. The highest BCUT2D eigenvalue weighted by atomic mass is 16.3. The van der Waals surface area contributed by atoms with Gasteiger partial charge in [0.05, 0.1) is 12.6 Å². The van der Waals surface area contributed by atoms with Crippen molar-refractivity contribution in [2.45, 2.75) is 45.1 Å². The van der Waals surface area contributed by atoms with Crippen LogP contribution >= 0.6 is 0 Å². The van der Waals surface area contributed by atoms with Gasteiger partial charge in [-0.15, -0.1) is 0 Å². The summed E-state index contributed by atoms with van der Waals surface area (Å²) < 4.78 is 0. The van der Waals surface area contributed by atoms with E-state index in [9.17, 15) is 9.90 Å². The van der Waals surface area contributed by atoms with E-state index in [1.54, 1.807) is 0 Å². The Kier molecular flexibility index (Phi) is 4.39. The van der Waals surface area contributed by atoms with Crippen molar-refractivity contribution in [2.24, 2.45) is 5.41 Å². The molecule has 0 saturated heterocycles. The lowest BCUT2D eigenvalue weighted by Crippen LogP contribution is -2.47. The second kappa shape index (κ2) is 6.29. The molecule has 0 aliphatic heterocycles. The molecule has 3 rings (SSSR count). The van der Waals surface area contributed by atoms with Gasteiger partial charge in [-0.25, -0.2) is 4.79 Å². The van der Waals surface area contributed by atoms with E-state index in [0.29, 0.717) is 6.54 Å². The van der Waals surface area contributed by atoms with Gasteiger partial charge in [0.25, 0.3) is 0 Å². The van der Waals surface area contributed by atoms with Crippen LogP contribution in [0.4, 0.5) is 4.79 Å². The Labute approximate surface area is 132 Å². The van der Waals surface area contributed by atoms with Gasteiger partial charge in [0.1, 0.15) is 0 Å². The van der Waals surface area contributed by atoms with E-state index in [0.717, 1.165) is 19.4 Å². The van der Waals surface area contributed by atoms with Crippen LogP contribution in [0.2, 0.25) is 0 Å². The van der Waals surface area contributed by atoms with Crippen molar-refractivity contribution in [1.29, 1.82) is 0 Å². The van der Waals surface area contributed by atoms with Gasteiger partial charge < -0.3 is 15.3 Å². The van der Waals surface area contributed by atoms with E-state index in [1.807, 2.05) is 11.0 Å². The van der Waals surface area contributed by atoms with Crippen molar-refractivity contribution < 1.29 is 9.90 Å². The van der Waals surface area contributed by atoms with Crippen LogP contribution in [-0.4, -0.2) is 35.7 Å². The van der Waals surface area contributed by atoms with Gasteiger partial charge in [0.15, 0.2) is 0 Å². The average Bonchev–Trinajstić information content (AvgIpc) is 2.92. The minimum atomic E-state index is -0.0381. The summed E-state index contributed by atoms with van der Waals surface area (Å²) in [4.78, 5) is 14.4. The zero-order valence-corrected chi connectivity index (χ0v) is 13.3. The molecule has 0 aromatic heterocycles. The number of nitrogens with zero attached hydrogens (tertiary/aromatic N) is 1. The lowest BCUT2D eigenvalue weighted by Gasteiger charge is -2.39. The monoisotopic (exact) mass is 302 g/mol. The maximum Gasteiger partial charge on any atom is 0.318 e. The van der Waals surface area contributed by atoms with E-state index in [1.165, 1.54) is 30.4 Å². The number of benzene rings is 1. The van der Waals surface area contributed by atoms with E-state index in [2.05, 4.69) is 30.4 Å². The van der Waals surface area contributed by atoms with Crippen LogP contribution in [0.15, 0.2) is 24.3 Å². The summed E-state index contributed by atoms with van der Waals surface area (Å²) in [5.41, 5.74) is 2.84. The highest BCUT2D eigenvalue weighted by Gasteiger charge is 2.34. The molecule has 2 aliphatic carbocycles. The average molecular weight is 302 g/mol. The predicted octanol–water partition coefficient (Wildman–Crippen LogP) is 2.87. The SMILES string of the molecule is CC1(CNC(=O)N(CCO)C2CCc3ccccc32)CCC1. The Morgan fingerprint density at radius 3 is 2.86 bits per heavy atom. The standard InChI is InChI=1S/C18H26N2O2/c1-18(9-4-10-18)13-19-17(22)20(11-12-21)16-8-7-14-5-2-3-6-15(14)16/h2-3,5-6,16,21H,4,7-13H2,1H3,(H,19,22). The Bertz CT molecular complexity index is 540. The van der Waals surface area contributed by atoms with E-state index >= 15 is 0 Å². The van der Waals surface area contributed by atoms with Crippen molar-refractivity contribution in [3.63, 3.8) is 0 Å². The summed E-state index contributed by atoms with van der Waals surface area (Å²) in [5.74, 6) is 0. The number of aliphatic hydroxyl groups is 1. The van der Waals surface area contributed by atoms with Crippen LogP contribution in [0.25, 0.3) is 0 Å². The summed E-state index contributed by atoms with van der Waals surface area (Å²) in [6.07, 6.45) is 5.61. The molecule has 2 N–H and O–H groups in total. The van der Waals surface area contributed by atoms with E-state index < -0.39 is 0 Å². The molecule has 0 bridgehead atoms. The topological polar surface area (TPSA) is 52.6 Å². The number of hydrogen-bond donors (Lipinski definition) is 2. The fourth-order valence-electron chi connectivity index (χ4n) is 3.71. The Balaban J connectivity index is 1.68. The van der Waals surface area contributed by atoms with E-state index in [-0.39, 0.29) is 24.1 Å². The van der Waals surface area contributed by atoms with Gasteiger partial charge in [-0.05, 0) is 42.2 Å². The zero-order valence-electron chi connectivity index (χ0n) is 13.3. The number of carbonyl (C=O) groups excluding carboxylic acids is 1. The van der Waals surface area contributed by atoms with Crippen LogP contribution in [0.3, 0.4) is 0 Å². The maximum atomic E-state index is 12.6.